The molecule has 0 radical (unpaired) electrons. The van der Waals surface area contributed by atoms with Crippen molar-refractivity contribution in [1.82, 2.24) is 9.21 Å². The van der Waals surface area contributed by atoms with Gasteiger partial charge in [0.15, 0.2) is 0 Å². The number of amides is 1. The molecule has 1 atom stereocenters. The fourth-order valence-corrected chi connectivity index (χ4v) is 7.28. The highest BCUT2D eigenvalue weighted by molar-refractivity contribution is 7.91. The Labute approximate surface area is 162 Å². The molecule has 2 aromatic heterocycles. The summed E-state index contributed by atoms with van der Waals surface area (Å²) in [7, 11) is -3.40. The standard InChI is InChI=1S/C18H22N2O3S3/c21-18(20-8-1-3-16(20)15-7-12-24-13-15)14-5-9-19(10-6-14)26(22,23)17-4-2-11-25-17/h2,4,7,11-14,16H,1,3,5-6,8-10H2. The lowest BCUT2D eigenvalue weighted by atomic mass is 9.95. The van der Waals surface area contributed by atoms with Crippen LogP contribution in [0.3, 0.4) is 0 Å². The molecule has 0 aromatic carbocycles. The van der Waals surface area contributed by atoms with Gasteiger partial charge in [-0.3, -0.25) is 4.79 Å². The molecule has 0 bridgehead atoms. The molecule has 0 spiro atoms. The van der Waals surface area contributed by atoms with Crippen LogP contribution in [0.5, 0.6) is 0 Å². The smallest absolute Gasteiger partial charge is 0.252 e. The Balaban J connectivity index is 1.41. The first-order chi connectivity index (χ1) is 12.6. The lowest BCUT2D eigenvalue weighted by molar-refractivity contribution is -0.137. The summed E-state index contributed by atoms with van der Waals surface area (Å²) in [5.41, 5.74) is 1.23. The van der Waals surface area contributed by atoms with Gasteiger partial charge in [-0.25, -0.2) is 8.42 Å². The van der Waals surface area contributed by atoms with Crippen molar-refractivity contribution in [3.05, 3.63) is 39.9 Å². The van der Waals surface area contributed by atoms with E-state index in [2.05, 4.69) is 16.8 Å². The van der Waals surface area contributed by atoms with E-state index in [0.29, 0.717) is 30.1 Å². The van der Waals surface area contributed by atoms with Crippen LogP contribution in [0.25, 0.3) is 0 Å². The highest BCUT2D eigenvalue weighted by Crippen LogP contribution is 2.36. The molecule has 2 aromatic rings. The largest absolute Gasteiger partial charge is 0.335 e. The van der Waals surface area contributed by atoms with Crippen molar-refractivity contribution in [2.24, 2.45) is 5.92 Å². The van der Waals surface area contributed by atoms with Crippen LogP contribution in [-0.4, -0.2) is 43.2 Å². The molecule has 26 heavy (non-hydrogen) atoms. The van der Waals surface area contributed by atoms with Crippen LogP contribution in [0.1, 0.15) is 37.3 Å². The summed E-state index contributed by atoms with van der Waals surface area (Å²) in [4.78, 5) is 15.1. The fourth-order valence-electron chi connectivity index (χ4n) is 3.96. The van der Waals surface area contributed by atoms with Crippen molar-refractivity contribution in [2.45, 2.75) is 35.9 Å². The molecule has 2 fully saturated rings. The fraction of sp³-hybridized carbons (Fsp3) is 0.500. The van der Waals surface area contributed by atoms with Gasteiger partial charge in [0, 0.05) is 25.6 Å². The molecular weight excluding hydrogens is 388 g/mol. The van der Waals surface area contributed by atoms with Crippen molar-refractivity contribution in [1.29, 1.82) is 0 Å². The number of carbonyl (C=O) groups excluding carboxylic acids is 1. The minimum absolute atomic E-state index is 0.0657. The van der Waals surface area contributed by atoms with Crippen LogP contribution in [0, 0.1) is 5.92 Å². The number of piperidine rings is 1. The van der Waals surface area contributed by atoms with Crippen molar-refractivity contribution < 1.29 is 13.2 Å². The van der Waals surface area contributed by atoms with E-state index >= 15 is 0 Å². The van der Waals surface area contributed by atoms with Crippen LogP contribution in [0.2, 0.25) is 0 Å². The summed E-state index contributed by atoms with van der Waals surface area (Å²) < 4.78 is 27.2. The molecule has 2 aliphatic heterocycles. The van der Waals surface area contributed by atoms with Gasteiger partial charge in [0.1, 0.15) is 4.21 Å². The summed E-state index contributed by atoms with van der Waals surface area (Å²) in [6.07, 6.45) is 3.28. The van der Waals surface area contributed by atoms with Gasteiger partial charge in [-0.15, -0.1) is 11.3 Å². The Kier molecular flexibility index (Phi) is 5.18. The second-order valence-electron chi connectivity index (χ2n) is 6.86. The topological polar surface area (TPSA) is 57.7 Å². The minimum atomic E-state index is -3.40. The number of rotatable bonds is 4. The molecule has 4 rings (SSSR count). The third-order valence-electron chi connectivity index (χ3n) is 5.36. The lowest BCUT2D eigenvalue weighted by Crippen LogP contribution is -2.44. The Bertz CT molecular complexity index is 838. The van der Waals surface area contributed by atoms with Crippen LogP contribution >= 0.6 is 22.7 Å². The first kappa shape index (κ1) is 18.2. The molecule has 2 saturated heterocycles. The molecule has 0 saturated carbocycles. The molecule has 0 aliphatic carbocycles. The summed E-state index contributed by atoms with van der Waals surface area (Å²) in [5.74, 6) is 0.135. The second-order valence-corrected chi connectivity index (χ2v) is 10.7. The molecule has 1 amide bonds. The van der Waals surface area contributed by atoms with Crippen molar-refractivity contribution in [2.75, 3.05) is 19.6 Å². The maximum atomic E-state index is 13.1. The highest BCUT2D eigenvalue weighted by Gasteiger charge is 2.37. The van der Waals surface area contributed by atoms with E-state index in [1.807, 2.05) is 4.90 Å². The van der Waals surface area contributed by atoms with Gasteiger partial charge in [-0.2, -0.15) is 15.6 Å². The summed E-state index contributed by atoms with van der Waals surface area (Å²) in [5, 5.41) is 5.97. The van der Waals surface area contributed by atoms with Crippen LogP contribution < -0.4 is 0 Å². The average molecular weight is 411 g/mol. The van der Waals surface area contributed by atoms with E-state index in [9.17, 15) is 13.2 Å². The number of sulfonamides is 1. The summed E-state index contributed by atoms with van der Waals surface area (Å²) >= 11 is 2.91. The minimum Gasteiger partial charge on any atom is -0.335 e. The van der Waals surface area contributed by atoms with Gasteiger partial charge >= 0.3 is 0 Å². The predicted octanol–water partition coefficient (Wildman–Crippen LogP) is 3.57. The monoisotopic (exact) mass is 410 g/mol. The Hall–Kier alpha value is -1.22. The number of hydrogen-bond donors (Lipinski definition) is 0. The predicted molar refractivity (Wildman–Crippen MR) is 104 cm³/mol. The van der Waals surface area contributed by atoms with E-state index in [-0.39, 0.29) is 17.9 Å². The van der Waals surface area contributed by atoms with Gasteiger partial charge < -0.3 is 4.90 Å². The van der Waals surface area contributed by atoms with Crippen LogP contribution in [0.15, 0.2) is 38.5 Å². The van der Waals surface area contributed by atoms with Gasteiger partial charge in [-0.05, 0) is 59.5 Å². The zero-order chi connectivity index (χ0) is 18.1. The number of carbonyl (C=O) groups is 1. The van der Waals surface area contributed by atoms with E-state index < -0.39 is 10.0 Å². The van der Waals surface area contributed by atoms with Crippen LogP contribution in [0.4, 0.5) is 0 Å². The van der Waals surface area contributed by atoms with E-state index in [1.165, 1.54) is 21.2 Å². The quantitative estimate of drug-likeness (QED) is 0.774. The van der Waals surface area contributed by atoms with Gasteiger partial charge in [0.25, 0.3) is 10.0 Å². The molecule has 4 heterocycles. The zero-order valence-corrected chi connectivity index (χ0v) is 16.9. The Morgan fingerprint density at radius 1 is 1.08 bits per heavy atom. The molecule has 0 N–H and O–H groups in total. The maximum absolute atomic E-state index is 13.1. The van der Waals surface area contributed by atoms with Crippen molar-refractivity contribution >= 4 is 38.6 Å². The highest BCUT2D eigenvalue weighted by atomic mass is 32.2. The van der Waals surface area contributed by atoms with E-state index in [1.54, 1.807) is 28.8 Å². The molecule has 1 unspecified atom stereocenters. The van der Waals surface area contributed by atoms with Crippen LogP contribution in [-0.2, 0) is 14.8 Å². The average Bonchev–Trinajstić information content (AvgIpc) is 3.43. The second kappa shape index (κ2) is 7.42. The summed E-state index contributed by atoms with van der Waals surface area (Å²) in [6.45, 7) is 1.66. The molecule has 2 aliphatic rings. The van der Waals surface area contributed by atoms with Gasteiger partial charge in [0.2, 0.25) is 5.91 Å². The van der Waals surface area contributed by atoms with E-state index in [0.717, 1.165) is 19.4 Å². The number of hydrogen-bond acceptors (Lipinski definition) is 5. The molecule has 140 valence electrons. The van der Waals surface area contributed by atoms with Crippen molar-refractivity contribution in [3.8, 4) is 0 Å². The third kappa shape index (κ3) is 3.35. The SMILES string of the molecule is O=C(C1CCN(S(=O)(=O)c2cccs2)CC1)N1CCCC1c1ccsc1. The number of nitrogens with zero attached hydrogens (tertiary/aromatic N) is 2. The van der Waals surface area contributed by atoms with Gasteiger partial charge in [-0.1, -0.05) is 6.07 Å². The summed E-state index contributed by atoms with van der Waals surface area (Å²) in [6, 6.07) is 5.71. The molecule has 5 nitrogen and oxygen atoms in total. The van der Waals surface area contributed by atoms with Crippen molar-refractivity contribution in [3.63, 3.8) is 0 Å². The molecular formula is C18H22N2O3S3. The number of likely N-dealkylation sites (tertiary alicyclic amines) is 1. The first-order valence-electron chi connectivity index (χ1n) is 8.93. The molecule has 8 heteroatoms. The Morgan fingerprint density at radius 2 is 1.88 bits per heavy atom. The number of thiophene rings is 2. The normalized spacial score (nSPS) is 22.8. The third-order valence-corrected chi connectivity index (χ3v) is 9.33. The Morgan fingerprint density at radius 3 is 2.54 bits per heavy atom. The zero-order valence-electron chi connectivity index (χ0n) is 14.4. The first-order valence-corrected chi connectivity index (χ1v) is 12.2. The van der Waals surface area contributed by atoms with E-state index in [4.69, 9.17) is 0 Å². The van der Waals surface area contributed by atoms with Gasteiger partial charge in [0.05, 0.1) is 6.04 Å². The maximum Gasteiger partial charge on any atom is 0.252 e. The lowest BCUT2D eigenvalue weighted by Gasteiger charge is -2.34.